The predicted octanol–water partition coefficient (Wildman–Crippen LogP) is 1.52. The van der Waals surface area contributed by atoms with E-state index < -0.39 is 0 Å². The number of nitrogens with one attached hydrogen (secondary N) is 2. The SMILES string of the molecule is CNc1cc(NCCn2ccnn2)nc(C(C)(C)C)n1. The third kappa shape index (κ3) is 3.66. The largest absolute Gasteiger partial charge is 0.373 e. The van der Waals surface area contributed by atoms with Gasteiger partial charge in [-0.25, -0.2) is 9.97 Å². The van der Waals surface area contributed by atoms with E-state index in [4.69, 9.17) is 0 Å². The molecule has 0 saturated carbocycles. The first-order valence-electron chi connectivity index (χ1n) is 6.64. The topological polar surface area (TPSA) is 80.5 Å². The quantitative estimate of drug-likeness (QED) is 0.861. The van der Waals surface area contributed by atoms with Crippen LogP contribution in [0.4, 0.5) is 11.6 Å². The van der Waals surface area contributed by atoms with E-state index in [-0.39, 0.29) is 5.41 Å². The van der Waals surface area contributed by atoms with Crippen molar-refractivity contribution in [1.29, 1.82) is 0 Å². The van der Waals surface area contributed by atoms with Gasteiger partial charge in [0.15, 0.2) is 0 Å². The van der Waals surface area contributed by atoms with Crippen molar-refractivity contribution in [2.75, 3.05) is 24.2 Å². The summed E-state index contributed by atoms with van der Waals surface area (Å²) in [5.41, 5.74) is -0.0881. The molecule has 0 aromatic carbocycles. The van der Waals surface area contributed by atoms with Crippen molar-refractivity contribution >= 4 is 11.6 Å². The third-order valence-corrected chi connectivity index (χ3v) is 2.77. The van der Waals surface area contributed by atoms with E-state index in [2.05, 4.69) is 51.7 Å². The van der Waals surface area contributed by atoms with Gasteiger partial charge in [-0.1, -0.05) is 26.0 Å². The highest BCUT2D eigenvalue weighted by atomic mass is 15.4. The van der Waals surface area contributed by atoms with Crippen molar-refractivity contribution in [3.05, 3.63) is 24.3 Å². The third-order valence-electron chi connectivity index (χ3n) is 2.77. The van der Waals surface area contributed by atoms with Crippen LogP contribution >= 0.6 is 0 Å². The van der Waals surface area contributed by atoms with Crippen molar-refractivity contribution in [3.8, 4) is 0 Å². The number of nitrogens with zero attached hydrogens (tertiary/aromatic N) is 5. The van der Waals surface area contributed by atoms with Gasteiger partial charge in [-0.05, 0) is 0 Å². The Morgan fingerprint density at radius 3 is 2.55 bits per heavy atom. The van der Waals surface area contributed by atoms with Crippen LogP contribution in [-0.2, 0) is 12.0 Å². The lowest BCUT2D eigenvalue weighted by atomic mass is 9.96. The van der Waals surface area contributed by atoms with Crippen molar-refractivity contribution in [2.45, 2.75) is 32.7 Å². The van der Waals surface area contributed by atoms with Crippen LogP contribution in [0, 0.1) is 0 Å². The van der Waals surface area contributed by atoms with E-state index in [1.54, 1.807) is 10.9 Å². The second kappa shape index (κ2) is 5.85. The second-order valence-electron chi connectivity index (χ2n) is 5.55. The summed E-state index contributed by atoms with van der Waals surface area (Å²) < 4.78 is 1.78. The average molecular weight is 275 g/mol. The van der Waals surface area contributed by atoms with Gasteiger partial charge in [0.05, 0.1) is 12.7 Å². The number of rotatable bonds is 5. The zero-order chi connectivity index (χ0) is 14.6. The fraction of sp³-hybridized carbons (Fsp3) is 0.538. The molecule has 0 fully saturated rings. The van der Waals surface area contributed by atoms with Crippen LogP contribution in [0.3, 0.4) is 0 Å². The standard InChI is InChI=1S/C13H21N7/c1-13(2,3)12-17-10(14-4)9-11(18-12)15-5-7-20-8-6-16-19-20/h6,8-9H,5,7H2,1-4H3,(H2,14,15,17,18). The molecule has 7 nitrogen and oxygen atoms in total. The molecule has 2 heterocycles. The maximum Gasteiger partial charge on any atom is 0.138 e. The average Bonchev–Trinajstić information content (AvgIpc) is 2.90. The smallest absolute Gasteiger partial charge is 0.138 e. The summed E-state index contributed by atoms with van der Waals surface area (Å²) in [5.74, 6) is 2.44. The molecule has 0 radical (unpaired) electrons. The van der Waals surface area contributed by atoms with Gasteiger partial charge in [0.2, 0.25) is 0 Å². The molecule has 0 amide bonds. The normalized spacial score (nSPS) is 11.4. The van der Waals surface area contributed by atoms with Crippen LogP contribution in [0.5, 0.6) is 0 Å². The van der Waals surface area contributed by atoms with Gasteiger partial charge in [0.1, 0.15) is 17.5 Å². The Morgan fingerprint density at radius 1 is 1.20 bits per heavy atom. The molecule has 2 N–H and O–H groups in total. The lowest BCUT2D eigenvalue weighted by Crippen LogP contribution is -2.19. The first-order valence-corrected chi connectivity index (χ1v) is 6.64. The molecule has 0 atom stereocenters. The fourth-order valence-corrected chi connectivity index (χ4v) is 1.65. The van der Waals surface area contributed by atoms with E-state index >= 15 is 0 Å². The summed E-state index contributed by atoms with van der Waals surface area (Å²) >= 11 is 0. The Hall–Kier alpha value is -2.18. The van der Waals surface area contributed by atoms with E-state index in [1.807, 2.05) is 19.3 Å². The predicted molar refractivity (Wildman–Crippen MR) is 78.8 cm³/mol. The van der Waals surface area contributed by atoms with Crippen molar-refractivity contribution in [1.82, 2.24) is 25.0 Å². The molecule has 0 aliphatic carbocycles. The van der Waals surface area contributed by atoms with Crippen LogP contribution in [0.1, 0.15) is 26.6 Å². The summed E-state index contributed by atoms with van der Waals surface area (Å²) in [4.78, 5) is 9.06. The van der Waals surface area contributed by atoms with Crippen LogP contribution in [0.2, 0.25) is 0 Å². The van der Waals surface area contributed by atoms with Gasteiger partial charge < -0.3 is 10.6 Å². The molecule has 0 saturated heterocycles. The molecule has 2 aromatic rings. The summed E-state index contributed by atoms with van der Waals surface area (Å²) in [7, 11) is 1.86. The lowest BCUT2D eigenvalue weighted by Gasteiger charge is -2.18. The Labute approximate surface area is 118 Å². The molecular weight excluding hydrogens is 254 g/mol. The summed E-state index contributed by atoms with van der Waals surface area (Å²) in [6, 6.07) is 1.90. The molecular formula is C13H21N7. The minimum absolute atomic E-state index is 0.0881. The Morgan fingerprint density at radius 2 is 1.95 bits per heavy atom. The molecule has 7 heteroatoms. The van der Waals surface area contributed by atoms with Crippen molar-refractivity contribution < 1.29 is 0 Å². The van der Waals surface area contributed by atoms with Crippen LogP contribution < -0.4 is 10.6 Å². The monoisotopic (exact) mass is 275 g/mol. The van der Waals surface area contributed by atoms with E-state index in [9.17, 15) is 0 Å². The minimum Gasteiger partial charge on any atom is -0.373 e. The number of anilines is 2. The van der Waals surface area contributed by atoms with Gasteiger partial charge in [0, 0.05) is 31.3 Å². The zero-order valence-corrected chi connectivity index (χ0v) is 12.4. The van der Waals surface area contributed by atoms with E-state index in [1.165, 1.54) is 0 Å². The van der Waals surface area contributed by atoms with E-state index in [0.717, 1.165) is 30.5 Å². The maximum absolute atomic E-state index is 4.56. The molecule has 20 heavy (non-hydrogen) atoms. The first-order chi connectivity index (χ1) is 9.49. The second-order valence-corrected chi connectivity index (χ2v) is 5.55. The summed E-state index contributed by atoms with van der Waals surface area (Å²) in [5, 5.41) is 14.0. The molecule has 2 aromatic heterocycles. The minimum atomic E-state index is -0.0881. The molecule has 0 aliphatic rings. The Bertz CT molecular complexity index is 542. The summed E-state index contributed by atoms with van der Waals surface area (Å²) in [6.45, 7) is 7.76. The van der Waals surface area contributed by atoms with Crippen LogP contribution in [0.15, 0.2) is 18.5 Å². The molecule has 0 spiro atoms. The van der Waals surface area contributed by atoms with E-state index in [0.29, 0.717) is 0 Å². The highest BCUT2D eigenvalue weighted by Crippen LogP contribution is 2.21. The van der Waals surface area contributed by atoms with Crippen LogP contribution in [0.25, 0.3) is 0 Å². The Balaban J connectivity index is 2.06. The molecule has 0 bridgehead atoms. The molecule has 0 aliphatic heterocycles. The molecule has 2 rings (SSSR count). The summed E-state index contributed by atoms with van der Waals surface area (Å²) in [6.07, 6.45) is 3.50. The zero-order valence-electron chi connectivity index (χ0n) is 12.4. The van der Waals surface area contributed by atoms with Gasteiger partial charge in [-0.15, -0.1) is 5.10 Å². The number of hydrogen-bond donors (Lipinski definition) is 2. The maximum atomic E-state index is 4.56. The lowest BCUT2D eigenvalue weighted by molar-refractivity contribution is 0.546. The van der Waals surface area contributed by atoms with Crippen LogP contribution in [-0.4, -0.2) is 38.6 Å². The van der Waals surface area contributed by atoms with Gasteiger partial charge in [-0.2, -0.15) is 0 Å². The molecule has 108 valence electrons. The fourth-order valence-electron chi connectivity index (χ4n) is 1.65. The van der Waals surface area contributed by atoms with Gasteiger partial charge in [-0.3, -0.25) is 4.68 Å². The van der Waals surface area contributed by atoms with Gasteiger partial charge in [0.25, 0.3) is 0 Å². The molecule has 0 unspecified atom stereocenters. The van der Waals surface area contributed by atoms with Gasteiger partial charge >= 0.3 is 0 Å². The number of hydrogen-bond acceptors (Lipinski definition) is 6. The highest BCUT2D eigenvalue weighted by Gasteiger charge is 2.18. The van der Waals surface area contributed by atoms with Crippen molar-refractivity contribution in [3.63, 3.8) is 0 Å². The number of aromatic nitrogens is 5. The van der Waals surface area contributed by atoms with Crippen molar-refractivity contribution in [2.24, 2.45) is 0 Å². The Kier molecular flexibility index (Phi) is 4.16. The first kappa shape index (κ1) is 14.2. The highest BCUT2D eigenvalue weighted by molar-refractivity contribution is 5.47.